The second kappa shape index (κ2) is 7.27. The number of nitrogens with two attached hydrogens (primary N) is 1. The van der Waals surface area contributed by atoms with E-state index in [9.17, 15) is 4.79 Å². The Morgan fingerprint density at radius 1 is 1.45 bits per heavy atom. The van der Waals surface area contributed by atoms with Crippen molar-refractivity contribution in [2.45, 2.75) is 12.8 Å². The largest absolute Gasteiger partial charge is 0.330 e. The molecule has 2 rings (SSSR count). The van der Waals surface area contributed by atoms with Crippen molar-refractivity contribution in [2.24, 2.45) is 11.7 Å². The molecule has 1 aromatic carbocycles. The monoisotopic (exact) mass is 315 g/mol. The molecule has 0 bridgehead atoms. The van der Waals surface area contributed by atoms with Gasteiger partial charge < -0.3 is 11.1 Å². The molecule has 0 spiro atoms. The highest BCUT2D eigenvalue weighted by molar-refractivity contribution is 6.35. The molecule has 1 unspecified atom stereocenters. The van der Waals surface area contributed by atoms with Crippen LogP contribution in [-0.2, 0) is 4.79 Å². The summed E-state index contributed by atoms with van der Waals surface area (Å²) in [7, 11) is 0. The molecule has 1 fully saturated rings. The fourth-order valence-electron chi connectivity index (χ4n) is 2.47. The molecule has 6 heteroatoms. The van der Waals surface area contributed by atoms with Crippen LogP contribution in [0.15, 0.2) is 18.2 Å². The number of carbonyl (C=O) groups is 1. The summed E-state index contributed by atoms with van der Waals surface area (Å²) in [6.07, 6.45) is 2.24. The number of anilines is 1. The van der Waals surface area contributed by atoms with Gasteiger partial charge in [0, 0.05) is 11.6 Å². The lowest BCUT2D eigenvalue weighted by Gasteiger charge is -2.31. The summed E-state index contributed by atoms with van der Waals surface area (Å²) < 4.78 is 0. The quantitative estimate of drug-likeness (QED) is 0.898. The highest BCUT2D eigenvalue weighted by Gasteiger charge is 2.20. The maximum atomic E-state index is 12.1. The lowest BCUT2D eigenvalue weighted by atomic mass is 9.98. The van der Waals surface area contributed by atoms with Crippen LogP contribution in [0.5, 0.6) is 0 Å². The molecule has 3 N–H and O–H groups in total. The van der Waals surface area contributed by atoms with Crippen LogP contribution in [-0.4, -0.2) is 37.0 Å². The summed E-state index contributed by atoms with van der Waals surface area (Å²) in [5.41, 5.74) is 6.25. The normalized spacial score (nSPS) is 19.9. The molecule has 0 radical (unpaired) electrons. The zero-order valence-corrected chi connectivity index (χ0v) is 12.8. The minimum atomic E-state index is -0.0770. The van der Waals surface area contributed by atoms with Crippen LogP contribution < -0.4 is 11.1 Å². The molecule has 0 aliphatic carbocycles. The molecule has 110 valence electrons. The fraction of sp³-hybridized carbons (Fsp3) is 0.500. The first-order chi connectivity index (χ1) is 9.58. The number of likely N-dealkylation sites (tertiary alicyclic amines) is 1. The number of halogens is 2. The summed E-state index contributed by atoms with van der Waals surface area (Å²) in [6, 6.07) is 5.02. The molecule has 1 atom stereocenters. The molecule has 1 aliphatic heterocycles. The molecule has 1 amide bonds. The predicted molar refractivity (Wildman–Crippen MR) is 83.3 cm³/mol. The first-order valence-electron chi connectivity index (χ1n) is 6.76. The Morgan fingerprint density at radius 3 is 3.00 bits per heavy atom. The smallest absolute Gasteiger partial charge is 0.238 e. The van der Waals surface area contributed by atoms with Crippen LogP contribution in [0.4, 0.5) is 5.69 Å². The van der Waals surface area contributed by atoms with Crippen molar-refractivity contribution in [3.63, 3.8) is 0 Å². The topological polar surface area (TPSA) is 58.4 Å². The van der Waals surface area contributed by atoms with Gasteiger partial charge >= 0.3 is 0 Å². The van der Waals surface area contributed by atoms with Gasteiger partial charge in [0.15, 0.2) is 0 Å². The molecule has 0 aromatic heterocycles. The molecule has 1 aliphatic rings. The second-order valence-electron chi connectivity index (χ2n) is 5.15. The van der Waals surface area contributed by atoms with Crippen LogP contribution in [0.2, 0.25) is 10.0 Å². The molecule has 20 heavy (non-hydrogen) atoms. The van der Waals surface area contributed by atoms with Crippen molar-refractivity contribution >= 4 is 34.8 Å². The van der Waals surface area contributed by atoms with Gasteiger partial charge in [-0.25, -0.2) is 0 Å². The van der Waals surface area contributed by atoms with E-state index in [-0.39, 0.29) is 5.91 Å². The van der Waals surface area contributed by atoms with Crippen LogP contribution >= 0.6 is 23.2 Å². The van der Waals surface area contributed by atoms with Crippen molar-refractivity contribution in [3.8, 4) is 0 Å². The van der Waals surface area contributed by atoms with Gasteiger partial charge in [-0.05, 0) is 50.0 Å². The maximum absolute atomic E-state index is 12.1. The summed E-state index contributed by atoms with van der Waals surface area (Å²) in [6.45, 7) is 2.86. The van der Waals surface area contributed by atoms with Crippen LogP contribution in [0.3, 0.4) is 0 Å². The molecular formula is C14H19Cl2N3O. The average Bonchev–Trinajstić information content (AvgIpc) is 2.43. The lowest BCUT2D eigenvalue weighted by Crippen LogP contribution is -2.42. The number of benzene rings is 1. The first kappa shape index (κ1) is 15.6. The Labute approximate surface area is 129 Å². The van der Waals surface area contributed by atoms with Crippen LogP contribution in [0.1, 0.15) is 12.8 Å². The van der Waals surface area contributed by atoms with Crippen molar-refractivity contribution < 1.29 is 4.79 Å². The van der Waals surface area contributed by atoms with Gasteiger partial charge in [-0.15, -0.1) is 0 Å². The van der Waals surface area contributed by atoms with E-state index >= 15 is 0 Å². The number of carbonyl (C=O) groups excluding carboxylic acids is 1. The molecular weight excluding hydrogens is 297 g/mol. The van der Waals surface area contributed by atoms with Gasteiger partial charge in [-0.2, -0.15) is 0 Å². The minimum absolute atomic E-state index is 0.0770. The maximum Gasteiger partial charge on any atom is 0.238 e. The van der Waals surface area contributed by atoms with E-state index in [2.05, 4.69) is 10.2 Å². The standard InChI is InChI=1S/C14H19Cl2N3O/c15-11-3-4-12(16)13(6-11)18-14(20)9-19-5-1-2-10(7-17)8-19/h3-4,6,10H,1-2,5,7-9,17H2,(H,18,20). The fourth-order valence-corrected chi connectivity index (χ4v) is 2.81. The molecule has 4 nitrogen and oxygen atoms in total. The SMILES string of the molecule is NCC1CCCN(CC(=O)Nc2cc(Cl)ccc2Cl)C1. The van der Waals surface area contributed by atoms with Gasteiger partial charge in [-0.3, -0.25) is 9.69 Å². The highest BCUT2D eigenvalue weighted by atomic mass is 35.5. The summed E-state index contributed by atoms with van der Waals surface area (Å²) >= 11 is 11.9. The number of hydrogen-bond donors (Lipinski definition) is 2. The van der Waals surface area contributed by atoms with Crippen molar-refractivity contribution in [1.82, 2.24) is 4.90 Å². The van der Waals surface area contributed by atoms with Crippen LogP contribution in [0.25, 0.3) is 0 Å². The third-order valence-electron chi connectivity index (χ3n) is 3.51. The summed E-state index contributed by atoms with van der Waals surface area (Å²) in [5.74, 6) is 0.415. The van der Waals surface area contributed by atoms with E-state index in [0.717, 1.165) is 25.9 Å². The zero-order chi connectivity index (χ0) is 14.5. The van der Waals surface area contributed by atoms with E-state index < -0.39 is 0 Å². The Bertz CT molecular complexity index is 481. The molecule has 1 heterocycles. The third-order valence-corrected chi connectivity index (χ3v) is 4.07. The second-order valence-corrected chi connectivity index (χ2v) is 6.00. The van der Waals surface area contributed by atoms with Gasteiger partial charge in [-0.1, -0.05) is 23.2 Å². The number of nitrogens with one attached hydrogen (secondary N) is 1. The highest BCUT2D eigenvalue weighted by Crippen LogP contribution is 2.25. The first-order valence-corrected chi connectivity index (χ1v) is 7.51. The van der Waals surface area contributed by atoms with E-state index in [1.165, 1.54) is 0 Å². The van der Waals surface area contributed by atoms with Gasteiger partial charge in [0.2, 0.25) is 5.91 Å². The summed E-state index contributed by atoms with van der Waals surface area (Å²) in [4.78, 5) is 14.2. The number of piperidine rings is 1. The number of amides is 1. The number of rotatable bonds is 4. The number of hydrogen-bond acceptors (Lipinski definition) is 3. The summed E-state index contributed by atoms with van der Waals surface area (Å²) in [5, 5.41) is 3.84. The van der Waals surface area contributed by atoms with E-state index in [4.69, 9.17) is 28.9 Å². The Hall–Kier alpha value is -0.810. The predicted octanol–water partition coefficient (Wildman–Crippen LogP) is 2.60. The van der Waals surface area contributed by atoms with Crippen molar-refractivity contribution in [2.75, 3.05) is 31.5 Å². The Morgan fingerprint density at radius 2 is 2.25 bits per heavy atom. The Kier molecular flexibility index (Phi) is 5.66. The van der Waals surface area contributed by atoms with Crippen molar-refractivity contribution in [3.05, 3.63) is 28.2 Å². The average molecular weight is 316 g/mol. The van der Waals surface area contributed by atoms with E-state index in [0.29, 0.717) is 34.7 Å². The number of nitrogens with zero attached hydrogens (tertiary/aromatic N) is 1. The van der Waals surface area contributed by atoms with Gasteiger partial charge in [0.05, 0.1) is 17.3 Å². The van der Waals surface area contributed by atoms with Gasteiger partial charge in [0.1, 0.15) is 0 Å². The van der Waals surface area contributed by atoms with E-state index in [1.54, 1.807) is 18.2 Å². The minimum Gasteiger partial charge on any atom is -0.330 e. The lowest BCUT2D eigenvalue weighted by molar-refractivity contribution is -0.117. The van der Waals surface area contributed by atoms with Crippen molar-refractivity contribution in [1.29, 1.82) is 0 Å². The molecule has 1 saturated heterocycles. The third kappa shape index (κ3) is 4.35. The zero-order valence-electron chi connectivity index (χ0n) is 11.2. The molecule has 1 aromatic rings. The Balaban J connectivity index is 1.90. The van der Waals surface area contributed by atoms with Crippen LogP contribution in [0, 0.1) is 5.92 Å². The van der Waals surface area contributed by atoms with Gasteiger partial charge in [0.25, 0.3) is 0 Å². The van der Waals surface area contributed by atoms with E-state index in [1.807, 2.05) is 0 Å². The molecule has 0 saturated carbocycles.